The van der Waals surface area contributed by atoms with Crippen LogP contribution in [-0.2, 0) is 11.3 Å². The van der Waals surface area contributed by atoms with Gasteiger partial charge in [-0.1, -0.05) is 42.2 Å². The molecular formula is C21H21NO2S. The van der Waals surface area contributed by atoms with Crippen molar-refractivity contribution in [3.8, 4) is 11.8 Å². The van der Waals surface area contributed by atoms with Crippen LogP contribution in [-0.4, -0.2) is 28.1 Å². The van der Waals surface area contributed by atoms with Gasteiger partial charge in [-0.3, -0.25) is 10.1 Å². The highest BCUT2D eigenvalue weighted by Crippen LogP contribution is 2.27. The molecule has 25 heavy (non-hydrogen) atoms. The number of nitrogens with one attached hydrogen (secondary N) is 1. The molecule has 1 aliphatic heterocycles. The van der Waals surface area contributed by atoms with Gasteiger partial charge in [-0.25, -0.2) is 0 Å². The maximum atomic E-state index is 11.7. The summed E-state index contributed by atoms with van der Waals surface area (Å²) in [7, 11) is 0. The van der Waals surface area contributed by atoms with E-state index in [4.69, 9.17) is 0 Å². The number of hydrogen-bond donors (Lipinski definition) is 2. The minimum absolute atomic E-state index is 0.559. The molecule has 2 N–H and O–H groups in total. The summed E-state index contributed by atoms with van der Waals surface area (Å²) in [5, 5.41) is 12.9. The van der Waals surface area contributed by atoms with E-state index in [0.29, 0.717) is 19.4 Å². The third kappa shape index (κ3) is 4.66. The average Bonchev–Trinajstić information content (AvgIpc) is 2.67. The lowest BCUT2D eigenvalue weighted by molar-refractivity contribution is -0.145. The van der Waals surface area contributed by atoms with E-state index >= 15 is 0 Å². The summed E-state index contributed by atoms with van der Waals surface area (Å²) in [4.78, 5) is 11.7. The van der Waals surface area contributed by atoms with E-state index in [1.807, 2.05) is 66.4 Å². The van der Waals surface area contributed by atoms with Gasteiger partial charge in [0.15, 0.2) is 0 Å². The first-order valence-electron chi connectivity index (χ1n) is 8.40. The van der Waals surface area contributed by atoms with Crippen LogP contribution in [0, 0.1) is 11.8 Å². The van der Waals surface area contributed by atoms with E-state index in [1.54, 1.807) is 0 Å². The standard InChI is InChI=1S/C21H21NO2S/c23-20(24)21(12-14-25-15-13-21)22-16-19-10-8-18(9-11-19)7-6-17-4-2-1-3-5-17/h1-5,8-11,22H,12-16H2,(H,23,24). The molecule has 1 aliphatic rings. The second-order valence-corrected chi connectivity index (χ2v) is 7.39. The molecule has 1 heterocycles. The number of carbonyl (C=O) groups is 1. The van der Waals surface area contributed by atoms with E-state index in [2.05, 4.69) is 17.2 Å². The summed E-state index contributed by atoms with van der Waals surface area (Å²) in [6.45, 7) is 0.559. The van der Waals surface area contributed by atoms with Crippen molar-refractivity contribution in [3.05, 3.63) is 71.3 Å². The summed E-state index contributed by atoms with van der Waals surface area (Å²) in [6, 6.07) is 17.9. The van der Waals surface area contributed by atoms with Gasteiger partial charge in [0.05, 0.1) is 0 Å². The second-order valence-electron chi connectivity index (χ2n) is 6.17. The first kappa shape index (κ1) is 17.6. The van der Waals surface area contributed by atoms with Crippen molar-refractivity contribution in [3.63, 3.8) is 0 Å². The summed E-state index contributed by atoms with van der Waals surface area (Å²) in [5.41, 5.74) is 2.24. The van der Waals surface area contributed by atoms with Crippen molar-refractivity contribution in [2.24, 2.45) is 0 Å². The van der Waals surface area contributed by atoms with E-state index in [-0.39, 0.29) is 0 Å². The zero-order chi connectivity index (χ0) is 17.5. The fraction of sp³-hybridized carbons (Fsp3) is 0.286. The van der Waals surface area contributed by atoms with Crippen LogP contribution in [0.4, 0.5) is 0 Å². The van der Waals surface area contributed by atoms with Crippen LogP contribution >= 0.6 is 11.8 Å². The molecule has 0 saturated carbocycles. The van der Waals surface area contributed by atoms with Crippen molar-refractivity contribution < 1.29 is 9.90 Å². The molecule has 0 amide bonds. The Bertz CT molecular complexity index is 769. The first-order valence-corrected chi connectivity index (χ1v) is 9.56. The van der Waals surface area contributed by atoms with Gasteiger partial charge >= 0.3 is 5.97 Å². The van der Waals surface area contributed by atoms with Crippen molar-refractivity contribution in [2.45, 2.75) is 24.9 Å². The van der Waals surface area contributed by atoms with Crippen LogP contribution in [0.3, 0.4) is 0 Å². The Morgan fingerprint density at radius 1 is 1.00 bits per heavy atom. The maximum Gasteiger partial charge on any atom is 0.323 e. The Morgan fingerprint density at radius 2 is 1.60 bits per heavy atom. The summed E-state index contributed by atoms with van der Waals surface area (Å²) < 4.78 is 0. The van der Waals surface area contributed by atoms with Crippen LogP contribution < -0.4 is 5.32 Å². The van der Waals surface area contributed by atoms with Crippen LogP contribution in [0.25, 0.3) is 0 Å². The monoisotopic (exact) mass is 351 g/mol. The molecule has 0 aromatic heterocycles. The molecular weight excluding hydrogens is 330 g/mol. The predicted octanol–water partition coefficient (Wildman–Crippen LogP) is 3.53. The van der Waals surface area contributed by atoms with Crippen molar-refractivity contribution >= 4 is 17.7 Å². The minimum atomic E-state index is -0.781. The number of thioether (sulfide) groups is 1. The number of hydrogen-bond acceptors (Lipinski definition) is 3. The Kier molecular flexibility index (Phi) is 5.80. The lowest BCUT2D eigenvalue weighted by Crippen LogP contribution is -2.53. The number of benzene rings is 2. The third-order valence-corrected chi connectivity index (χ3v) is 5.45. The van der Waals surface area contributed by atoms with Gasteiger partial charge in [0.1, 0.15) is 5.54 Å². The number of aliphatic carboxylic acids is 1. The number of carboxylic acids is 1. The van der Waals surface area contributed by atoms with E-state index < -0.39 is 11.5 Å². The largest absolute Gasteiger partial charge is 0.480 e. The van der Waals surface area contributed by atoms with E-state index in [0.717, 1.165) is 28.2 Å². The molecule has 1 saturated heterocycles. The zero-order valence-corrected chi connectivity index (χ0v) is 14.8. The molecule has 2 aromatic rings. The van der Waals surface area contributed by atoms with Gasteiger partial charge in [-0.15, -0.1) is 0 Å². The molecule has 0 unspecified atom stereocenters. The topological polar surface area (TPSA) is 49.3 Å². The number of carboxylic acid groups (broad SMARTS) is 1. The predicted molar refractivity (Wildman–Crippen MR) is 103 cm³/mol. The van der Waals surface area contributed by atoms with Crippen LogP contribution in [0.15, 0.2) is 54.6 Å². The lowest BCUT2D eigenvalue weighted by atomic mass is 9.92. The second kappa shape index (κ2) is 8.24. The van der Waals surface area contributed by atoms with Crippen LogP contribution in [0.5, 0.6) is 0 Å². The highest BCUT2D eigenvalue weighted by molar-refractivity contribution is 7.99. The molecule has 0 spiro atoms. The van der Waals surface area contributed by atoms with Gasteiger partial charge in [0.25, 0.3) is 0 Å². The summed E-state index contributed by atoms with van der Waals surface area (Å²) >= 11 is 1.82. The molecule has 0 radical (unpaired) electrons. The Labute approximate surface area is 152 Å². The van der Waals surface area contributed by atoms with Gasteiger partial charge in [-0.2, -0.15) is 11.8 Å². The molecule has 1 fully saturated rings. The molecule has 4 heteroatoms. The minimum Gasteiger partial charge on any atom is -0.480 e. The summed E-state index contributed by atoms with van der Waals surface area (Å²) in [6.07, 6.45) is 1.35. The zero-order valence-electron chi connectivity index (χ0n) is 14.0. The summed E-state index contributed by atoms with van der Waals surface area (Å²) in [5.74, 6) is 7.35. The molecule has 3 rings (SSSR count). The Morgan fingerprint density at radius 3 is 2.20 bits per heavy atom. The molecule has 0 atom stereocenters. The van der Waals surface area contributed by atoms with Crippen molar-refractivity contribution in [1.82, 2.24) is 5.32 Å². The Hall–Kier alpha value is -2.22. The van der Waals surface area contributed by atoms with Gasteiger partial charge in [0.2, 0.25) is 0 Å². The Balaban J connectivity index is 1.63. The van der Waals surface area contributed by atoms with Crippen molar-refractivity contribution in [1.29, 1.82) is 0 Å². The van der Waals surface area contributed by atoms with Gasteiger partial charge < -0.3 is 5.11 Å². The highest BCUT2D eigenvalue weighted by Gasteiger charge is 2.39. The third-order valence-electron chi connectivity index (χ3n) is 4.47. The van der Waals surface area contributed by atoms with Crippen molar-refractivity contribution in [2.75, 3.05) is 11.5 Å². The van der Waals surface area contributed by atoms with Gasteiger partial charge in [0, 0.05) is 17.7 Å². The lowest BCUT2D eigenvalue weighted by Gasteiger charge is -2.34. The maximum absolute atomic E-state index is 11.7. The number of rotatable bonds is 4. The highest BCUT2D eigenvalue weighted by atomic mass is 32.2. The fourth-order valence-electron chi connectivity index (χ4n) is 2.83. The molecule has 0 bridgehead atoms. The first-order chi connectivity index (χ1) is 12.2. The normalized spacial score (nSPS) is 15.8. The fourth-order valence-corrected chi connectivity index (χ4v) is 4.02. The molecule has 2 aromatic carbocycles. The molecule has 128 valence electrons. The van der Waals surface area contributed by atoms with E-state index in [9.17, 15) is 9.90 Å². The quantitative estimate of drug-likeness (QED) is 0.828. The molecule has 0 aliphatic carbocycles. The van der Waals surface area contributed by atoms with Gasteiger partial charge in [-0.05, 0) is 54.2 Å². The van der Waals surface area contributed by atoms with E-state index in [1.165, 1.54) is 0 Å². The van der Waals surface area contributed by atoms with Crippen LogP contribution in [0.1, 0.15) is 29.5 Å². The molecule has 3 nitrogen and oxygen atoms in total. The SMILES string of the molecule is O=C(O)C1(NCc2ccc(C#Cc3ccccc3)cc2)CCSCC1. The van der Waals surface area contributed by atoms with Crippen LogP contribution in [0.2, 0.25) is 0 Å². The average molecular weight is 351 g/mol. The smallest absolute Gasteiger partial charge is 0.323 e.